The van der Waals surface area contributed by atoms with Crippen LogP contribution in [0.3, 0.4) is 0 Å². The van der Waals surface area contributed by atoms with Gasteiger partial charge in [0.2, 0.25) is 0 Å². The van der Waals surface area contributed by atoms with E-state index in [2.05, 4.69) is 41.0 Å². The van der Waals surface area contributed by atoms with Crippen molar-refractivity contribution in [2.75, 3.05) is 6.00 Å². The first-order chi connectivity index (χ1) is 14.3. The van der Waals surface area contributed by atoms with E-state index >= 15 is 0 Å². The van der Waals surface area contributed by atoms with E-state index in [0.29, 0.717) is 0 Å². The third-order valence-corrected chi connectivity index (χ3v) is 5.30. The molecule has 0 saturated heterocycles. The summed E-state index contributed by atoms with van der Waals surface area (Å²) in [4.78, 5) is 8.95. The third-order valence-electron chi connectivity index (χ3n) is 5.18. The SMILES string of the molecule is C=Nc1c(/C(=N\CCl)c2ccc3oc4ccccc4c3c2)ccc2ccccc12. The Morgan fingerprint density at radius 2 is 1.59 bits per heavy atom. The van der Waals surface area contributed by atoms with E-state index in [-0.39, 0.29) is 6.00 Å². The molecular weight excluding hydrogens is 380 g/mol. The fraction of sp³-hybridized carbons (Fsp3) is 0.0400. The second-order valence-electron chi connectivity index (χ2n) is 6.78. The lowest BCUT2D eigenvalue weighted by atomic mass is 9.95. The molecule has 0 saturated carbocycles. The monoisotopic (exact) mass is 396 g/mol. The van der Waals surface area contributed by atoms with Crippen LogP contribution in [-0.4, -0.2) is 18.4 Å². The largest absolute Gasteiger partial charge is 0.456 e. The molecule has 5 rings (SSSR count). The third kappa shape index (κ3) is 2.91. The van der Waals surface area contributed by atoms with Crippen LogP contribution in [0.2, 0.25) is 0 Å². The van der Waals surface area contributed by atoms with Crippen molar-refractivity contribution in [1.29, 1.82) is 0 Å². The first kappa shape index (κ1) is 17.7. The molecule has 0 aliphatic heterocycles. The van der Waals surface area contributed by atoms with Crippen molar-refractivity contribution in [3.05, 3.63) is 90.0 Å². The van der Waals surface area contributed by atoms with Crippen LogP contribution in [0, 0.1) is 0 Å². The first-order valence-corrected chi connectivity index (χ1v) is 9.84. The highest BCUT2D eigenvalue weighted by Gasteiger charge is 2.16. The highest BCUT2D eigenvalue weighted by Crippen LogP contribution is 2.34. The van der Waals surface area contributed by atoms with Gasteiger partial charge in [0, 0.05) is 27.3 Å². The van der Waals surface area contributed by atoms with Gasteiger partial charge in [0.05, 0.1) is 11.4 Å². The van der Waals surface area contributed by atoms with Gasteiger partial charge in [0.15, 0.2) is 0 Å². The van der Waals surface area contributed by atoms with Gasteiger partial charge >= 0.3 is 0 Å². The normalized spacial score (nSPS) is 12.1. The Hall–Kier alpha value is -3.43. The molecule has 0 N–H and O–H groups in total. The smallest absolute Gasteiger partial charge is 0.135 e. The van der Waals surface area contributed by atoms with Crippen molar-refractivity contribution in [1.82, 2.24) is 0 Å². The van der Waals surface area contributed by atoms with Crippen LogP contribution < -0.4 is 0 Å². The standard InChI is InChI=1S/C25H17ClN2O/c1-27-25-18-7-3-2-6-16(18)10-12-20(25)24(28-15-26)17-11-13-23-21(14-17)19-8-4-5-9-22(19)29-23/h2-14H,1,15H2/b28-24-. The van der Waals surface area contributed by atoms with Gasteiger partial charge in [-0.1, -0.05) is 48.5 Å². The fourth-order valence-electron chi connectivity index (χ4n) is 3.88. The van der Waals surface area contributed by atoms with Gasteiger partial charge < -0.3 is 4.42 Å². The highest BCUT2D eigenvalue weighted by atomic mass is 35.5. The van der Waals surface area contributed by atoms with Crippen molar-refractivity contribution < 1.29 is 4.42 Å². The molecule has 1 heterocycles. The summed E-state index contributed by atoms with van der Waals surface area (Å²) in [6.07, 6.45) is 0. The average molecular weight is 397 g/mol. The quantitative estimate of drug-likeness (QED) is 0.181. The van der Waals surface area contributed by atoms with Crippen LogP contribution in [0.5, 0.6) is 0 Å². The van der Waals surface area contributed by atoms with E-state index in [1.165, 1.54) is 0 Å². The number of hydrogen-bond acceptors (Lipinski definition) is 3. The van der Waals surface area contributed by atoms with Crippen LogP contribution in [0.25, 0.3) is 32.7 Å². The van der Waals surface area contributed by atoms with Gasteiger partial charge in [0.25, 0.3) is 0 Å². The van der Waals surface area contributed by atoms with E-state index in [4.69, 9.17) is 16.0 Å². The van der Waals surface area contributed by atoms with Crippen LogP contribution in [0.15, 0.2) is 93.3 Å². The Bertz CT molecular complexity index is 1410. The Morgan fingerprint density at radius 3 is 2.41 bits per heavy atom. The number of halogens is 1. The molecular formula is C25H17ClN2O. The van der Waals surface area contributed by atoms with E-state index < -0.39 is 0 Å². The van der Waals surface area contributed by atoms with Gasteiger partial charge in [-0.3, -0.25) is 9.98 Å². The molecule has 0 amide bonds. The number of para-hydroxylation sites is 1. The minimum absolute atomic E-state index is 0.156. The zero-order valence-electron chi connectivity index (χ0n) is 15.6. The number of nitrogens with zero attached hydrogens (tertiary/aromatic N) is 2. The molecule has 29 heavy (non-hydrogen) atoms. The predicted octanol–water partition coefficient (Wildman–Crippen LogP) is 7.11. The molecule has 4 aromatic carbocycles. The van der Waals surface area contributed by atoms with Gasteiger partial charge in [-0.25, -0.2) is 0 Å². The minimum Gasteiger partial charge on any atom is -0.456 e. The summed E-state index contributed by atoms with van der Waals surface area (Å²) >= 11 is 6.05. The zero-order chi connectivity index (χ0) is 19.8. The average Bonchev–Trinajstić information content (AvgIpc) is 3.14. The summed E-state index contributed by atoms with van der Waals surface area (Å²) in [7, 11) is 0. The number of fused-ring (bicyclic) bond motifs is 4. The second kappa shape index (κ2) is 7.19. The Labute approximate surface area is 173 Å². The highest BCUT2D eigenvalue weighted by molar-refractivity contribution is 6.23. The van der Waals surface area contributed by atoms with Gasteiger partial charge in [-0.05, 0) is 42.4 Å². The molecule has 0 aliphatic rings. The summed E-state index contributed by atoms with van der Waals surface area (Å²) in [6, 6.07) is 26.5. The summed E-state index contributed by atoms with van der Waals surface area (Å²) in [5.74, 6) is 0. The topological polar surface area (TPSA) is 37.9 Å². The number of alkyl halides is 1. The Morgan fingerprint density at radius 1 is 0.828 bits per heavy atom. The number of furan rings is 1. The van der Waals surface area contributed by atoms with Gasteiger partial charge in [-0.15, -0.1) is 11.6 Å². The predicted molar refractivity (Wildman–Crippen MR) is 123 cm³/mol. The number of benzene rings is 4. The van der Waals surface area contributed by atoms with Crippen LogP contribution >= 0.6 is 11.6 Å². The summed E-state index contributed by atoms with van der Waals surface area (Å²) in [6.45, 7) is 3.81. The van der Waals surface area contributed by atoms with Crippen molar-refractivity contribution >= 4 is 62.4 Å². The number of hydrogen-bond donors (Lipinski definition) is 0. The first-order valence-electron chi connectivity index (χ1n) is 9.31. The lowest BCUT2D eigenvalue weighted by molar-refractivity contribution is 0.669. The number of aliphatic imine (C=N–C) groups is 2. The molecule has 5 aromatic rings. The van der Waals surface area contributed by atoms with Crippen molar-refractivity contribution in [3.63, 3.8) is 0 Å². The van der Waals surface area contributed by atoms with Crippen LogP contribution in [0.4, 0.5) is 5.69 Å². The molecule has 3 nitrogen and oxygen atoms in total. The van der Waals surface area contributed by atoms with E-state index in [0.717, 1.165) is 55.2 Å². The lowest BCUT2D eigenvalue weighted by Gasteiger charge is -2.12. The maximum atomic E-state index is 6.05. The molecule has 0 bridgehead atoms. The molecule has 0 atom stereocenters. The Kier molecular flexibility index (Phi) is 4.38. The molecule has 1 aromatic heterocycles. The van der Waals surface area contributed by atoms with E-state index in [9.17, 15) is 0 Å². The maximum absolute atomic E-state index is 6.05. The molecule has 4 heteroatoms. The van der Waals surface area contributed by atoms with Crippen molar-refractivity contribution in [2.45, 2.75) is 0 Å². The molecule has 0 radical (unpaired) electrons. The van der Waals surface area contributed by atoms with E-state index in [1.54, 1.807) is 0 Å². The minimum atomic E-state index is 0.156. The lowest BCUT2D eigenvalue weighted by Crippen LogP contribution is -2.04. The summed E-state index contributed by atoms with van der Waals surface area (Å²) < 4.78 is 5.96. The van der Waals surface area contributed by atoms with E-state index in [1.807, 2.05) is 54.6 Å². The molecule has 0 spiro atoms. The van der Waals surface area contributed by atoms with Crippen LogP contribution in [0.1, 0.15) is 11.1 Å². The molecule has 0 fully saturated rings. The van der Waals surface area contributed by atoms with Crippen molar-refractivity contribution in [3.8, 4) is 0 Å². The zero-order valence-corrected chi connectivity index (χ0v) is 16.4. The molecule has 140 valence electrons. The maximum Gasteiger partial charge on any atom is 0.135 e. The molecule has 0 aliphatic carbocycles. The van der Waals surface area contributed by atoms with Gasteiger partial charge in [0.1, 0.15) is 17.2 Å². The summed E-state index contributed by atoms with van der Waals surface area (Å²) in [5.41, 5.74) is 5.19. The summed E-state index contributed by atoms with van der Waals surface area (Å²) in [5, 5.41) is 4.28. The molecule has 0 unspecified atom stereocenters. The fourth-order valence-corrected chi connectivity index (χ4v) is 4.00. The van der Waals surface area contributed by atoms with Crippen molar-refractivity contribution in [2.24, 2.45) is 9.98 Å². The van der Waals surface area contributed by atoms with Crippen LogP contribution in [-0.2, 0) is 0 Å². The van der Waals surface area contributed by atoms with Gasteiger partial charge in [-0.2, -0.15) is 0 Å². The second-order valence-corrected chi connectivity index (χ2v) is 7.02. The Balaban J connectivity index is 1.76. The number of rotatable bonds is 4.